The van der Waals surface area contributed by atoms with Crippen molar-refractivity contribution >= 4 is 11.6 Å². The molecule has 2 aromatic rings. The predicted molar refractivity (Wildman–Crippen MR) is 120 cm³/mol. The van der Waals surface area contributed by atoms with Gasteiger partial charge in [0.1, 0.15) is 11.5 Å². The fraction of sp³-hybridized carbons (Fsp3) is 0.480. The Kier molecular flexibility index (Phi) is 6.49. The van der Waals surface area contributed by atoms with Crippen molar-refractivity contribution in [2.45, 2.75) is 43.7 Å². The number of piperidine rings is 1. The highest BCUT2D eigenvalue weighted by atomic mass is 16.5. The molecule has 4 rings (SSSR count). The zero-order chi connectivity index (χ0) is 21.8. The van der Waals surface area contributed by atoms with Crippen molar-refractivity contribution in [2.24, 2.45) is 5.92 Å². The number of carbonyl (C=O) groups excluding carboxylic acids is 1. The molecule has 1 aliphatic heterocycles. The van der Waals surface area contributed by atoms with Crippen LogP contribution in [0.15, 0.2) is 48.5 Å². The largest absolute Gasteiger partial charge is 0.497 e. The lowest BCUT2D eigenvalue weighted by molar-refractivity contribution is -0.135. The number of fused-ring (bicyclic) bond motifs is 1. The van der Waals surface area contributed by atoms with Gasteiger partial charge in [0.25, 0.3) is 0 Å². The Morgan fingerprint density at radius 1 is 1.03 bits per heavy atom. The molecule has 1 saturated carbocycles. The molecule has 166 valence electrons. The van der Waals surface area contributed by atoms with Gasteiger partial charge in [-0.15, -0.1) is 0 Å². The third-order valence-corrected chi connectivity index (χ3v) is 6.85. The van der Waals surface area contributed by atoms with E-state index in [0.717, 1.165) is 48.4 Å². The number of nitrogens with one attached hydrogen (secondary N) is 1. The summed E-state index contributed by atoms with van der Waals surface area (Å²) in [5.74, 6) is 1.63. The van der Waals surface area contributed by atoms with Crippen LogP contribution in [0.4, 0.5) is 5.69 Å². The number of amides is 1. The van der Waals surface area contributed by atoms with Gasteiger partial charge in [0.2, 0.25) is 5.91 Å². The van der Waals surface area contributed by atoms with Crippen LogP contribution < -0.4 is 14.8 Å². The van der Waals surface area contributed by atoms with E-state index in [2.05, 4.69) is 22.3 Å². The maximum absolute atomic E-state index is 12.9. The van der Waals surface area contributed by atoms with Crippen molar-refractivity contribution in [1.82, 2.24) is 4.90 Å². The number of benzene rings is 2. The normalized spacial score (nSPS) is 26.0. The maximum Gasteiger partial charge on any atom is 0.238 e. The van der Waals surface area contributed by atoms with E-state index in [-0.39, 0.29) is 24.4 Å². The van der Waals surface area contributed by atoms with Crippen LogP contribution in [0.3, 0.4) is 0 Å². The third kappa shape index (κ3) is 4.70. The van der Waals surface area contributed by atoms with E-state index in [9.17, 15) is 9.90 Å². The molecule has 2 fully saturated rings. The van der Waals surface area contributed by atoms with E-state index in [1.54, 1.807) is 14.2 Å². The van der Waals surface area contributed by atoms with E-state index < -0.39 is 5.60 Å². The quantitative estimate of drug-likeness (QED) is 0.733. The fourth-order valence-electron chi connectivity index (χ4n) is 5.22. The van der Waals surface area contributed by atoms with Crippen molar-refractivity contribution in [3.63, 3.8) is 0 Å². The Labute approximate surface area is 184 Å². The van der Waals surface area contributed by atoms with Gasteiger partial charge in [0, 0.05) is 24.2 Å². The number of likely N-dealkylation sites (tertiary alicyclic amines) is 1. The monoisotopic (exact) mass is 424 g/mol. The zero-order valence-corrected chi connectivity index (χ0v) is 18.3. The first-order valence-electron chi connectivity index (χ1n) is 11.1. The second-order valence-corrected chi connectivity index (χ2v) is 8.67. The van der Waals surface area contributed by atoms with E-state index >= 15 is 0 Å². The van der Waals surface area contributed by atoms with Gasteiger partial charge in [-0.05, 0) is 61.2 Å². The number of nitrogens with zero attached hydrogens (tertiary/aromatic N) is 1. The molecule has 1 aliphatic carbocycles. The minimum Gasteiger partial charge on any atom is -0.497 e. The minimum atomic E-state index is -0.647. The molecule has 1 saturated heterocycles. The SMILES string of the molecule is COc1ccc(NC(=O)CN2CCC3(O)CCCCC3C2c2ccc(OC)cc2)cc1. The van der Waals surface area contributed by atoms with Gasteiger partial charge in [-0.3, -0.25) is 9.69 Å². The van der Waals surface area contributed by atoms with Gasteiger partial charge >= 0.3 is 0 Å². The molecular weight excluding hydrogens is 392 g/mol. The van der Waals surface area contributed by atoms with E-state index in [4.69, 9.17) is 9.47 Å². The number of methoxy groups -OCH3 is 2. The van der Waals surface area contributed by atoms with E-state index in [1.807, 2.05) is 36.4 Å². The predicted octanol–water partition coefficient (Wildman–Crippen LogP) is 4.01. The molecule has 1 heterocycles. The molecule has 3 atom stereocenters. The van der Waals surface area contributed by atoms with Gasteiger partial charge in [0.15, 0.2) is 0 Å². The van der Waals surface area contributed by atoms with Crippen LogP contribution in [-0.4, -0.2) is 48.8 Å². The molecule has 3 unspecified atom stereocenters. The molecule has 0 radical (unpaired) electrons. The second-order valence-electron chi connectivity index (χ2n) is 8.67. The van der Waals surface area contributed by atoms with Crippen molar-refractivity contribution in [1.29, 1.82) is 0 Å². The first-order valence-corrected chi connectivity index (χ1v) is 11.1. The summed E-state index contributed by atoms with van der Waals surface area (Å²) >= 11 is 0. The van der Waals surface area contributed by atoms with Crippen LogP contribution in [-0.2, 0) is 4.79 Å². The van der Waals surface area contributed by atoms with Crippen LogP contribution in [0.1, 0.15) is 43.7 Å². The van der Waals surface area contributed by atoms with Crippen LogP contribution in [0.5, 0.6) is 11.5 Å². The molecule has 2 aliphatic rings. The topological polar surface area (TPSA) is 71.0 Å². The fourth-order valence-corrected chi connectivity index (χ4v) is 5.22. The first-order chi connectivity index (χ1) is 15.0. The average Bonchev–Trinajstić information content (AvgIpc) is 2.79. The highest BCUT2D eigenvalue weighted by molar-refractivity contribution is 5.92. The molecular formula is C25H32N2O4. The summed E-state index contributed by atoms with van der Waals surface area (Å²) in [4.78, 5) is 15.1. The van der Waals surface area contributed by atoms with Crippen molar-refractivity contribution in [3.05, 3.63) is 54.1 Å². The summed E-state index contributed by atoms with van der Waals surface area (Å²) in [7, 11) is 3.28. The summed E-state index contributed by atoms with van der Waals surface area (Å²) in [6.45, 7) is 0.981. The third-order valence-electron chi connectivity index (χ3n) is 6.85. The Hall–Kier alpha value is -2.57. The van der Waals surface area contributed by atoms with Gasteiger partial charge < -0.3 is 19.9 Å². The summed E-state index contributed by atoms with van der Waals surface area (Å²) in [6, 6.07) is 15.4. The van der Waals surface area contributed by atoms with E-state index in [1.165, 1.54) is 0 Å². The van der Waals surface area contributed by atoms with Gasteiger partial charge in [0.05, 0.1) is 26.4 Å². The zero-order valence-electron chi connectivity index (χ0n) is 18.3. The lowest BCUT2D eigenvalue weighted by atomic mass is 9.66. The molecule has 6 nitrogen and oxygen atoms in total. The summed E-state index contributed by atoms with van der Waals surface area (Å²) < 4.78 is 10.5. The molecule has 0 aromatic heterocycles. The Morgan fingerprint density at radius 2 is 1.68 bits per heavy atom. The smallest absolute Gasteiger partial charge is 0.238 e. The number of hydrogen-bond donors (Lipinski definition) is 2. The molecule has 0 spiro atoms. The van der Waals surface area contributed by atoms with E-state index in [0.29, 0.717) is 13.0 Å². The number of carbonyl (C=O) groups is 1. The number of rotatable bonds is 6. The lowest BCUT2D eigenvalue weighted by Crippen LogP contribution is -2.56. The summed E-state index contributed by atoms with van der Waals surface area (Å²) in [6.07, 6.45) is 4.71. The van der Waals surface area contributed by atoms with Crippen molar-refractivity contribution < 1.29 is 19.4 Å². The summed E-state index contributed by atoms with van der Waals surface area (Å²) in [5.41, 5.74) is 1.23. The molecule has 2 N–H and O–H groups in total. The van der Waals surface area contributed by atoms with Crippen molar-refractivity contribution in [3.8, 4) is 11.5 Å². The summed E-state index contributed by atoms with van der Waals surface area (Å²) in [5, 5.41) is 14.4. The molecule has 2 aromatic carbocycles. The average molecular weight is 425 g/mol. The van der Waals surface area contributed by atoms with Gasteiger partial charge in [-0.2, -0.15) is 0 Å². The Balaban J connectivity index is 1.54. The number of ether oxygens (including phenoxy) is 2. The first kappa shape index (κ1) is 21.7. The number of anilines is 1. The van der Waals surface area contributed by atoms with Crippen LogP contribution >= 0.6 is 0 Å². The molecule has 1 amide bonds. The standard InChI is InChI=1S/C25H32N2O4/c1-30-20-10-6-18(7-11-20)24-22-5-3-4-14-25(22,29)15-16-27(24)17-23(28)26-19-8-12-21(31-2)13-9-19/h6-13,22,24,29H,3-5,14-17H2,1-2H3,(H,26,28). The Morgan fingerprint density at radius 3 is 2.32 bits per heavy atom. The second kappa shape index (κ2) is 9.28. The van der Waals surface area contributed by atoms with Crippen LogP contribution in [0.25, 0.3) is 0 Å². The number of aliphatic hydroxyl groups is 1. The minimum absolute atomic E-state index is 0.00609. The number of hydrogen-bond acceptors (Lipinski definition) is 5. The highest BCUT2D eigenvalue weighted by Gasteiger charge is 2.49. The van der Waals surface area contributed by atoms with Crippen molar-refractivity contribution in [2.75, 3.05) is 32.6 Å². The maximum atomic E-state index is 12.9. The molecule has 0 bridgehead atoms. The van der Waals surface area contributed by atoms with Crippen LogP contribution in [0, 0.1) is 5.92 Å². The molecule has 6 heteroatoms. The highest BCUT2D eigenvalue weighted by Crippen LogP contribution is 2.49. The van der Waals surface area contributed by atoms with Gasteiger partial charge in [-0.25, -0.2) is 0 Å². The van der Waals surface area contributed by atoms with Crippen LogP contribution in [0.2, 0.25) is 0 Å². The lowest BCUT2D eigenvalue weighted by Gasteiger charge is -2.52. The van der Waals surface area contributed by atoms with Gasteiger partial charge in [-0.1, -0.05) is 25.0 Å². The Bertz CT molecular complexity index is 883. The molecule has 31 heavy (non-hydrogen) atoms.